The first-order chi connectivity index (χ1) is 11.0. The summed E-state index contributed by atoms with van der Waals surface area (Å²) in [6.07, 6.45) is 3.88. The third kappa shape index (κ3) is 4.39. The van der Waals surface area contributed by atoms with Crippen LogP contribution in [-0.2, 0) is 4.79 Å². The highest BCUT2D eigenvalue weighted by Gasteiger charge is 2.18. The van der Waals surface area contributed by atoms with Crippen LogP contribution in [0, 0.1) is 6.92 Å². The van der Waals surface area contributed by atoms with Gasteiger partial charge in [0.2, 0.25) is 0 Å². The van der Waals surface area contributed by atoms with E-state index in [0.717, 1.165) is 16.7 Å². The van der Waals surface area contributed by atoms with Crippen molar-refractivity contribution in [1.82, 2.24) is 9.88 Å². The van der Waals surface area contributed by atoms with Gasteiger partial charge in [-0.25, -0.2) is 0 Å². The molecule has 5 heteroatoms. The second-order valence-corrected chi connectivity index (χ2v) is 5.45. The Morgan fingerprint density at radius 3 is 2.61 bits per heavy atom. The molecule has 2 aromatic rings. The number of nitrogens with zero attached hydrogens (tertiary/aromatic N) is 2. The van der Waals surface area contributed by atoms with E-state index in [9.17, 15) is 9.59 Å². The van der Waals surface area contributed by atoms with Gasteiger partial charge in [0, 0.05) is 24.5 Å². The fourth-order valence-electron chi connectivity index (χ4n) is 2.41. The number of carboxylic acids is 1. The minimum Gasteiger partial charge on any atom is -0.480 e. The number of benzene rings is 1. The van der Waals surface area contributed by atoms with Crippen LogP contribution >= 0.6 is 0 Å². The number of amides is 1. The first kappa shape index (κ1) is 16.7. The molecule has 1 aromatic carbocycles. The Hall–Kier alpha value is -2.69. The summed E-state index contributed by atoms with van der Waals surface area (Å²) in [5.74, 6) is -1.33. The molecule has 23 heavy (non-hydrogen) atoms. The van der Waals surface area contributed by atoms with Crippen molar-refractivity contribution >= 4 is 11.9 Å². The molecule has 1 heterocycles. The molecule has 2 rings (SSSR count). The van der Waals surface area contributed by atoms with Crippen molar-refractivity contribution in [1.29, 1.82) is 0 Å². The number of hydrogen-bond acceptors (Lipinski definition) is 3. The third-order valence-electron chi connectivity index (χ3n) is 3.44. The number of carbonyl (C=O) groups is 2. The largest absolute Gasteiger partial charge is 0.480 e. The highest BCUT2D eigenvalue weighted by molar-refractivity contribution is 5.96. The van der Waals surface area contributed by atoms with Crippen LogP contribution in [0.5, 0.6) is 0 Å². The van der Waals surface area contributed by atoms with E-state index in [2.05, 4.69) is 4.98 Å². The first-order valence-electron chi connectivity index (χ1n) is 7.54. The van der Waals surface area contributed by atoms with Crippen LogP contribution in [0.4, 0.5) is 0 Å². The number of aryl methyl sites for hydroxylation is 1. The number of rotatable bonds is 6. The Bertz CT molecular complexity index is 713. The van der Waals surface area contributed by atoms with Crippen LogP contribution in [0.3, 0.4) is 0 Å². The number of aromatic nitrogens is 1. The van der Waals surface area contributed by atoms with E-state index in [1.54, 1.807) is 12.3 Å². The van der Waals surface area contributed by atoms with Crippen molar-refractivity contribution < 1.29 is 14.7 Å². The van der Waals surface area contributed by atoms with E-state index < -0.39 is 5.97 Å². The van der Waals surface area contributed by atoms with Crippen molar-refractivity contribution in [2.75, 3.05) is 13.1 Å². The Labute approximate surface area is 135 Å². The van der Waals surface area contributed by atoms with Crippen molar-refractivity contribution in [2.24, 2.45) is 0 Å². The summed E-state index contributed by atoms with van der Waals surface area (Å²) < 4.78 is 0. The quantitative estimate of drug-likeness (QED) is 0.890. The number of carboxylic acid groups (broad SMARTS) is 1. The summed E-state index contributed by atoms with van der Waals surface area (Å²) in [5.41, 5.74) is 3.34. The molecule has 0 aliphatic heterocycles. The lowest BCUT2D eigenvalue weighted by Crippen LogP contribution is -2.36. The molecule has 0 spiro atoms. The van der Waals surface area contributed by atoms with E-state index in [-0.39, 0.29) is 12.5 Å². The van der Waals surface area contributed by atoms with Crippen molar-refractivity contribution in [3.8, 4) is 11.1 Å². The van der Waals surface area contributed by atoms with Gasteiger partial charge in [-0.3, -0.25) is 14.6 Å². The lowest BCUT2D eigenvalue weighted by Gasteiger charge is -2.20. The summed E-state index contributed by atoms with van der Waals surface area (Å²) in [6.45, 7) is 4.01. The van der Waals surface area contributed by atoms with Crippen LogP contribution in [-0.4, -0.2) is 40.0 Å². The monoisotopic (exact) mass is 312 g/mol. The number of carbonyl (C=O) groups excluding carboxylic acids is 1. The Kier molecular flexibility index (Phi) is 5.46. The highest BCUT2D eigenvalue weighted by atomic mass is 16.4. The normalized spacial score (nSPS) is 10.3. The SMILES string of the molecule is CCCN(CC(=O)O)C(=O)c1cncc(-c2cccc(C)c2)c1. The van der Waals surface area contributed by atoms with Gasteiger partial charge in [-0.1, -0.05) is 36.8 Å². The van der Waals surface area contributed by atoms with Crippen LogP contribution in [0.1, 0.15) is 29.3 Å². The molecule has 1 aromatic heterocycles. The van der Waals surface area contributed by atoms with E-state index in [0.29, 0.717) is 18.5 Å². The molecule has 0 atom stereocenters. The van der Waals surface area contributed by atoms with E-state index in [1.165, 1.54) is 11.1 Å². The second kappa shape index (κ2) is 7.54. The number of hydrogen-bond donors (Lipinski definition) is 1. The smallest absolute Gasteiger partial charge is 0.323 e. The third-order valence-corrected chi connectivity index (χ3v) is 3.44. The lowest BCUT2D eigenvalue weighted by molar-refractivity contribution is -0.137. The molecular weight excluding hydrogens is 292 g/mol. The van der Waals surface area contributed by atoms with E-state index in [1.807, 2.05) is 38.1 Å². The fourth-order valence-corrected chi connectivity index (χ4v) is 2.41. The maximum absolute atomic E-state index is 12.5. The fraction of sp³-hybridized carbons (Fsp3) is 0.278. The average molecular weight is 312 g/mol. The molecular formula is C18H20N2O3. The number of aliphatic carboxylic acids is 1. The molecule has 0 aliphatic carbocycles. The van der Waals surface area contributed by atoms with E-state index >= 15 is 0 Å². The lowest BCUT2D eigenvalue weighted by atomic mass is 10.0. The Morgan fingerprint density at radius 2 is 1.96 bits per heavy atom. The van der Waals surface area contributed by atoms with Gasteiger partial charge in [0.25, 0.3) is 5.91 Å². The predicted octanol–water partition coefficient (Wildman–Crippen LogP) is 2.99. The summed E-state index contributed by atoms with van der Waals surface area (Å²) >= 11 is 0. The number of pyridine rings is 1. The molecule has 0 bridgehead atoms. The minimum atomic E-state index is -1.02. The summed E-state index contributed by atoms with van der Waals surface area (Å²) in [7, 11) is 0. The van der Waals surface area contributed by atoms with Gasteiger partial charge in [-0.05, 0) is 25.0 Å². The van der Waals surface area contributed by atoms with Gasteiger partial charge < -0.3 is 10.0 Å². The Morgan fingerprint density at radius 1 is 1.17 bits per heavy atom. The maximum atomic E-state index is 12.5. The molecule has 1 N–H and O–H groups in total. The topological polar surface area (TPSA) is 70.5 Å². The average Bonchev–Trinajstić information content (AvgIpc) is 2.53. The molecule has 0 saturated carbocycles. The molecule has 5 nitrogen and oxygen atoms in total. The molecule has 120 valence electrons. The first-order valence-corrected chi connectivity index (χ1v) is 7.54. The molecule has 1 amide bonds. The molecule has 0 saturated heterocycles. The van der Waals surface area contributed by atoms with Crippen LogP contribution in [0.15, 0.2) is 42.7 Å². The maximum Gasteiger partial charge on any atom is 0.323 e. The van der Waals surface area contributed by atoms with Gasteiger partial charge >= 0.3 is 5.97 Å². The van der Waals surface area contributed by atoms with Gasteiger partial charge in [-0.15, -0.1) is 0 Å². The summed E-state index contributed by atoms with van der Waals surface area (Å²) in [5, 5.41) is 8.96. The highest BCUT2D eigenvalue weighted by Crippen LogP contribution is 2.21. The van der Waals surface area contributed by atoms with Gasteiger partial charge in [0.1, 0.15) is 6.54 Å². The van der Waals surface area contributed by atoms with Crippen molar-refractivity contribution in [3.63, 3.8) is 0 Å². The molecule has 0 fully saturated rings. The standard InChI is InChI=1S/C18H20N2O3/c1-3-7-20(12-17(21)22)18(23)16-9-15(10-19-11-16)14-6-4-5-13(2)8-14/h4-6,8-11H,3,7,12H2,1-2H3,(H,21,22). The van der Waals surface area contributed by atoms with Gasteiger partial charge in [-0.2, -0.15) is 0 Å². The second-order valence-electron chi connectivity index (χ2n) is 5.45. The minimum absolute atomic E-state index is 0.304. The van der Waals surface area contributed by atoms with Crippen LogP contribution < -0.4 is 0 Å². The van der Waals surface area contributed by atoms with Crippen molar-refractivity contribution in [3.05, 3.63) is 53.9 Å². The van der Waals surface area contributed by atoms with Crippen molar-refractivity contribution in [2.45, 2.75) is 20.3 Å². The van der Waals surface area contributed by atoms with Crippen LogP contribution in [0.2, 0.25) is 0 Å². The molecule has 0 unspecified atom stereocenters. The summed E-state index contributed by atoms with van der Waals surface area (Å²) in [6, 6.07) is 9.69. The zero-order chi connectivity index (χ0) is 16.8. The molecule has 0 radical (unpaired) electrons. The van der Waals surface area contributed by atoms with E-state index in [4.69, 9.17) is 5.11 Å². The summed E-state index contributed by atoms with van der Waals surface area (Å²) in [4.78, 5) is 29.0. The van der Waals surface area contributed by atoms with Gasteiger partial charge in [0.05, 0.1) is 5.56 Å². The zero-order valence-corrected chi connectivity index (χ0v) is 13.3. The Balaban J connectivity index is 2.30. The van der Waals surface area contributed by atoms with Gasteiger partial charge in [0.15, 0.2) is 0 Å². The molecule has 0 aliphatic rings. The van der Waals surface area contributed by atoms with Crippen LogP contribution in [0.25, 0.3) is 11.1 Å². The zero-order valence-electron chi connectivity index (χ0n) is 13.3. The predicted molar refractivity (Wildman–Crippen MR) is 88.2 cm³/mol.